The van der Waals surface area contributed by atoms with Gasteiger partial charge < -0.3 is 9.64 Å². The lowest BCUT2D eigenvalue weighted by Crippen LogP contribution is -2.39. The zero-order chi connectivity index (χ0) is 17.1. The molecule has 7 heteroatoms. The van der Waals surface area contributed by atoms with Crippen molar-refractivity contribution < 1.29 is 9.53 Å². The molecule has 7 nitrogen and oxygen atoms in total. The molecule has 0 aliphatic carbocycles. The summed E-state index contributed by atoms with van der Waals surface area (Å²) in [5, 5.41) is 7.24. The molecule has 0 aromatic carbocycles. The van der Waals surface area contributed by atoms with Crippen LogP contribution in [0.1, 0.15) is 36.0 Å². The van der Waals surface area contributed by atoms with Crippen LogP contribution < -0.4 is 0 Å². The van der Waals surface area contributed by atoms with Gasteiger partial charge in [-0.2, -0.15) is 5.10 Å². The minimum atomic E-state index is 0.0579. The van der Waals surface area contributed by atoms with Crippen LogP contribution in [0.4, 0.5) is 0 Å². The number of amides is 1. The van der Waals surface area contributed by atoms with Crippen LogP contribution >= 0.6 is 0 Å². The molecule has 3 heterocycles. The molecule has 1 fully saturated rings. The standard InChI is InChI=1S/C17H23N5O2/c1-11-8-16(21-20-11)15-9-14(18-12(2)19-15)13-4-6-22(7-5-13)17(23)10-24-3/h8-9,13H,4-7,10H2,1-3H3,(H,20,21). The molecule has 24 heavy (non-hydrogen) atoms. The van der Waals surface area contributed by atoms with Crippen LogP contribution in [0, 0.1) is 13.8 Å². The average Bonchev–Trinajstić information content (AvgIpc) is 3.01. The highest BCUT2D eigenvalue weighted by atomic mass is 16.5. The summed E-state index contributed by atoms with van der Waals surface area (Å²) in [5.74, 6) is 1.15. The third-order valence-electron chi connectivity index (χ3n) is 4.36. The van der Waals surface area contributed by atoms with Crippen LogP contribution in [0.5, 0.6) is 0 Å². The first-order chi connectivity index (χ1) is 11.6. The molecule has 0 radical (unpaired) electrons. The van der Waals surface area contributed by atoms with E-state index >= 15 is 0 Å². The van der Waals surface area contributed by atoms with Gasteiger partial charge in [0, 0.05) is 37.5 Å². The molecule has 0 saturated carbocycles. The lowest BCUT2D eigenvalue weighted by atomic mass is 9.92. The number of hydrogen-bond acceptors (Lipinski definition) is 5. The second-order valence-corrected chi connectivity index (χ2v) is 6.25. The fourth-order valence-electron chi connectivity index (χ4n) is 3.12. The van der Waals surface area contributed by atoms with Crippen molar-refractivity contribution in [2.45, 2.75) is 32.6 Å². The predicted octanol–water partition coefficient (Wildman–Crippen LogP) is 1.84. The summed E-state index contributed by atoms with van der Waals surface area (Å²) in [4.78, 5) is 22.9. The monoisotopic (exact) mass is 329 g/mol. The van der Waals surface area contributed by atoms with Crippen molar-refractivity contribution in [3.63, 3.8) is 0 Å². The number of rotatable bonds is 4. The van der Waals surface area contributed by atoms with Gasteiger partial charge in [0.15, 0.2) is 0 Å². The number of carbonyl (C=O) groups is 1. The molecular weight excluding hydrogens is 306 g/mol. The molecule has 128 valence electrons. The maximum absolute atomic E-state index is 11.9. The summed E-state index contributed by atoms with van der Waals surface area (Å²) < 4.78 is 4.93. The van der Waals surface area contributed by atoms with Crippen LogP contribution in [-0.4, -0.2) is 57.8 Å². The number of nitrogens with one attached hydrogen (secondary N) is 1. The number of likely N-dealkylation sites (tertiary alicyclic amines) is 1. The topological polar surface area (TPSA) is 84.0 Å². The highest BCUT2D eigenvalue weighted by Crippen LogP contribution is 2.29. The van der Waals surface area contributed by atoms with Crippen molar-refractivity contribution in [3.8, 4) is 11.4 Å². The SMILES string of the molecule is COCC(=O)N1CCC(c2cc(-c3cc(C)[nH]n3)nc(C)n2)CC1. The summed E-state index contributed by atoms with van der Waals surface area (Å²) in [5.41, 5.74) is 3.73. The first-order valence-corrected chi connectivity index (χ1v) is 8.21. The number of nitrogens with zero attached hydrogens (tertiary/aromatic N) is 4. The second kappa shape index (κ2) is 7.09. The van der Waals surface area contributed by atoms with Crippen molar-refractivity contribution >= 4 is 5.91 Å². The fraction of sp³-hybridized carbons (Fsp3) is 0.529. The first kappa shape index (κ1) is 16.6. The highest BCUT2D eigenvalue weighted by molar-refractivity contribution is 5.77. The summed E-state index contributed by atoms with van der Waals surface area (Å²) in [7, 11) is 1.55. The molecule has 0 unspecified atom stereocenters. The minimum Gasteiger partial charge on any atom is -0.375 e. The summed E-state index contributed by atoms with van der Waals surface area (Å²) in [6.45, 7) is 5.52. The summed E-state index contributed by atoms with van der Waals surface area (Å²) in [6, 6.07) is 4.01. The molecule has 2 aromatic rings. The molecule has 1 aliphatic rings. The van der Waals surface area contributed by atoms with E-state index in [1.165, 1.54) is 0 Å². The van der Waals surface area contributed by atoms with E-state index < -0.39 is 0 Å². The third kappa shape index (κ3) is 3.62. The van der Waals surface area contributed by atoms with E-state index in [4.69, 9.17) is 4.74 Å². The van der Waals surface area contributed by atoms with E-state index in [-0.39, 0.29) is 12.5 Å². The number of aromatic nitrogens is 4. The van der Waals surface area contributed by atoms with Crippen LogP contribution in [0.25, 0.3) is 11.4 Å². The Labute approximate surface area is 141 Å². The second-order valence-electron chi connectivity index (χ2n) is 6.25. The molecule has 0 spiro atoms. The highest BCUT2D eigenvalue weighted by Gasteiger charge is 2.25. The normalized spacial score (nSPS) is 15.7. The molecule has 0 bridgehead atoms. The Kier molecular flexibility index (Phi) is 4.89. The number of methoxy groups -OCH3 is 1. The molecule has 1 N–H and O–H groups in total. The molecule has 1 aliphatic heterocycles. The quantitative estimate of drug-likeness (QED) is 0.925. The van der Waals surface area contributed by atoms with Gasteiger partial charge in [-0.3, -0.25) is 9.89 Å². The van der Waals surface area contributed by atoms with Crippen LogP contribution in [0.15, 0.2) is 12.1 Å². The predicted molar refractivity (Wildman–Crippen MR) is 89.5 cm³/mol. The van der Waals surface area contributed by atoms with Crippen LogP contribution in [0.2, 0.25) is 0 Å². The van der Waals surface area contributed by atoms with Crippen molar-refractivity contribution in [1.29, 1.82) is 0 Å². The van der Waals surface area contributed by atoms with Crippen molar-refractivity contribution in [2.75, 3.05) is 26.8 Å². The van der Waals surface area contributed by atoms with E-state index in [1.54, 1.807) is 7.11 Å². The average molecular weight is 329 g/mol. The van der Waals surface area contributed by atoms with E-state index in [0.29, 0.717) is 5.92 Å². The van der Waals surface area contributed by atoms with Crippen molar-refractivity contribution in [2.24, 2.45) is 0 Å². The number of hydrogen-bond donors (Lipinski definition) is 1. The van der Waals surface area contributed by atoms with E-state index in [9.17, 15) is 4.79 Å². The number of H-pyrrole nitrogens is 1. The van der Waals surface area contributed by atoms with Gasteiger partial charge in [0.2, 0.25) is 5.91 Å². The van der Waals surface area contributed by atoms with E-state index in [1.807, 2.05) is 30.9 Å². The smallest absolute Gasteiger partial charge is 0.248 e. The minimum absolute atomic E-state index is 0.0579. The Morgan fingerprint density at radius 2 is 2.00 bits per heavy atom. The van der Waals surface area contributed by atoms with Crippen LogP contribution in [0.3, 0.4) is 0 Å². The molecule has 1 saturated heterocycles. The molecular formula is C17H23N5O2. The molecule has 2 aromatic heterocycles. The third-order valence-corrected chi connectivity index (χ3v) is 4.36. The van der Waals surface area contributed by atoms with Gasteiger partial charge in [0.25, 0.3) is 0 Å². The van der Waals surface area contributed by atoms with Crippen molar-refractivity contribution in [1.82, 2.24) is 25.1 Å². The van der Waals surface area contributed by atoms with Gasteiger partial charge >= 0.3 is 0 Å². The van der Waals surface area contributed by atoms with Gasteiger partial charge in [-0.15, -0.1) is 0 Å². The van der Waals surface area contributed by atoms with E-state index in [2.05, 4.69) is 20.2 Å². The van der Waals surface area contributed by atoms with Gasteiger partial charge in [-0.25, -0.2) is 9.97 Å². The van der Waals surface area contributed by atoms with Gasteiger partial charge in [0.05, 0.1) is 5.69 Å². The van der Waals surface area contributed by atoms with Gasteiger partial charge in [-0.1, -0.05) is 0 Å². The lowest BCUT2D eigenvalue weighted by molar-refractivity contribution is -0.136. The Bertz CT molecular complexity index is 720. The van der Waals surface area contributed by atoms with E-state index in [0.717, 1.165) is 54.5 Å². The Balaban J connectivity index is 1.74. The van der Waals surface area contributed by atoms with Crippen LogP contribution in [-0.2, 0) is 9.53 Å². The molecule has 1 amide bonds. The zero-order valence-electron chi connectivity index (χ0n) is 14.4. The van der Waals surface area contributed by atoms with Gasteiger partial charge in [-0.05, 0) is 38.8 Å². The molecule has 3 rings (SSSR count). The number of carbonyl (C=O) groups excluding carboxylic acids is 1. The fourth-order valence-corrected chi connectivity index (χ4v) is 3.12. The zero-order valence-corrected chi connectivity index (χ0v) is 14.4. The first-order valence-electron chi connectivity index (χ1n) is 8.21. The number of piperidine rings is 1. The maximum atomic E-state index is 11.9. The lowest BCUT2D eigenvalue weighted by Gasteiger charge is -2.31. The summed E-state index contributed by atoms with van der Waals surface area (Å²) in [6.07, 6.45) is 1.82. The summed E-state index contributed by atoms with van der Waals surface area (Å²) >= 11 is 0. The number of ether oxygens (including phenoxy) is 1. The Morgan fingerprint density at radius 3 is 2.62 bits per heavy atom. The molecule has 0 atom stereocenters. The number of aromatic amines is 1. The Hall–Kier alpha value is -2.28. The largest absolute Gasteiger partial charge is 0.375 e. The van der Waals surface area contributed by atoms with Gasteiger partial charge in [0.1, 0.15) is 18.1 Å². The maximum Gasteiger partial charge on any atom is 0.248 e. The Morgan fingerprint density at radius 1 is 1.25 bits per heavy atom. The van der Waals surface area contributed by atoms with Crippen molar-refractivity contribution in [3.05, 3.63) is 29.3 Å². The number of aryl methyl sites for hydroxylation is 2.